The molecule has 2 aliphatic rings. The van der Waals surface area contributed by atoms with Gasteiger partial charge in [-0.3, -0.25) is 4.68 Å². The molecule has 1 fully saturated rings. The maximum absolute atomic E-state index is 12.2. The van der Waals surface area contributed by atoms with Crippen LogP contribution >= 0.6 is 0 Å². The van der Waals surface area contributed by atoms with Gasteiger partial charge in [-0.15, -0.1) is 0 Å². The Balaban J connectivity index is 1.47. The molecule has 2 aliphatic heterocycles. The van der Waals surface area contributed by atoms with Gasteiger partial charge in [-0.25, -0.2) is 9.78 Å². The lowest BCUT2D eigenvalue weighted by Gasteiger charge is -2.23. The van der Waals surface area contributed by atoms with Crippen LogP contribution in [0.4, 0.5) is 4.79 Å². The summed E-state index contributed by atoms with van der Waals surface area (Å²) in [6.45, 7) is 4.97. The van der Waals surface area contributed by atoms with Crippen molar-refractivity contribution in [2.75, 3.05) is 19.6 Å². The number of urea groups is 1. The van der Waals surface area contributed by atoms with Gasteiger partial charge in [0.1, 0.15) is 5.65 Å². The number of nitrogens with zero attached hydrogens (tertiary/aromatic N) is 4. The van der Waals surface area contributed by atoms with Gasteiger partial charge >= 0.3 is 6.03 Å². The van der Waals surface area contributed by atoms with E-state index in [9.17, 15) is 9.90 Å². The number of pyridine rings is 1. The highest BCUT2D eigenvalue weighted by atomic mass is 16.3. The quantitative estimate of drug-likeness (QED) is 0.647. The fraction of sp³-hybridized carbons (Fsp3) is 0.450. The molecule has 28 heavy (non-hydrogen) atoms. The highest BCUT2D eigenvalue weighted by Crippen LogP contribution is 2.43. The predicted molar refractivity (Wildman–Crippen MR) is 105 cm³/mol. The molecule has 5 heterocycles. The Morgan fingerprint density at radius 2 is 2.21 bits per heavy atom. The van der Waals surface area contributed by atoms with Crippen molar-refractivity contribution >= 4 is 17.1 Å². The molecule has 1 spiro atoms. The SMILES string of the molecule is CCNC(=O)N1CCC2(CCn3nc(-c4cnc5[nH]cc(CO)c5c4)cc32)C1. The van der Waals surface area contributed by atoms with Crippen molar-refractivity contribution in [1.82, 2.24) is 30.0 Å². The van der Waals surface area contributed by atoms with E-state index in [0.717, 1.165) is 60.3 Å². The second-order valence-corrected chi connectivity index (χ2v) is 7.77. The van der Waals surface area contributed by atoms with Gasteiger partial charge in [0.05, 0.1) is 12.3 Å². The lowest BCUT2D eigenvalue weighted by Crippen LogP contribution is -2.40. The molecule has 3 aromatic heterocycles. The minimum Gasteiger partial charge on any atom is -0.392 e. The largest absolute Gasteiger partial charge is 0.392 e. The van der Waals surface area contributed by atoms with Crippen LogP contribution in [0.15, 0.2) is 24.5 Å². The van der Waals surface area contributed by atoms with Gasteiger partial charge in [-0.2, -0.15) is 5.10 Å². The van der Waals surface area contributed by atoms with Crippen molar-refractivity contribution in [3.05, 3.63) is 35.8 Å². The molecular formula is C20H24N6O2. The van der Waals surface area contributed by atoms with E-state index in [1.807, 2.05) is 24.1 Å². The Labute approximate surface area is 162 Å². The molecule has 0 bridgehead atoms. The number of hydrogen-bond donors (Lipinski definition) is 3. The van der Waals surface area contributed by atoms with Crippen LogP contribution in [-0.4, -0.2) is 55.4 Å². The number of likely N-dealkylation sites (tertiary alicyclic amines) is 1. The summed E-state index contributed by atoms with van der Waals surface area (Å²) in [5, 5.41) is 18.2. The van der Waals surface area contributed by atoms with Crippen molar-refractivity contribution in [3.63, 3.8) is 0 Å². The number of aliphatic hydroxyl groups is 1. The smallest absolute Gasteiger partial charge is 0.317 e. The van der Waals surface area contributed by atoms with Gasteiger partial charge in [0.2, 0.25) is 0 Å². The first-order chi connectivity index (χ1) is 13.6. The standard InChI is InChI=1S/C20H24N6O2/c1-2-21-19(28)25-5-3-20(12-25)4-6-26-17(20)8-16(24-26)13-7-15-14(11-27)10-23-18(15)22-9-13/h7-10,27H,2-6,11-12H2,1H3,(H,21,28)(H,22,23). The van der Waals surface area contributed by atoms with Crippen LogP contribution in [0, 0.1) is 0 Å². The molecule has 0 aliphatic carbocycles. The minimum absolute atomic E-state index is 0.00178. The normalized spacial score (nSPS) is 21.0. The Kier molecular flexibility index (Phi) is 3.90. The molecule has 8 heteroatoms. The number of aromatic nitrogens is 4. The van der Waals surface area contributed by atoms with Crippen molar-refractivity contribution in [1.29, 1.82) is 0 Å². The topological polar surface area (TPSA) is 99.1 Å². The Morgan fingerprint density at radius 3 is 3.04 bits per heavy atom. The fourth-order valence-corrected chi connectivity index (χ4v) is 4.65. The lowest BCUT2D eigenvalue weighted by atomic mass is 9.82. The summed E-state index contributed by atoms with van der Waals surface area (Å²) >= 11 is 0. The maximum atomic E-state index is 12.2. The second-order valence-electron chi connectivity index (χ2n) is 7.77. The van der Waals surface area contributed by atoms with E-state index >= 15 is 0 Å². The van der Waals surface area contributed by atoms with Gasteiger partial charge in [-0.1, -0.05) is 0 Å². The number of amides is 2. The zero-order valence-electron chi connectivity index (χ0n) is 15.9. The molecule has 0 radical (unpaired) electrons. The predicted octanol–water partition coefficient (Wildman–Crippen LogP) is 2.00. The van der Waals surface area contributed by atoms with E-state index in [2.05, 4.69) is 26.0 Å². The summed E-state index contributed by atoms with van der Waals surface area (Å²) < 4.78 is 2.09. The molecule has 1 atom stereocenters. The van der Waals surface area contributed by atoms with Crippen LogP contribution < -0.4 is 5.32 Å². The third kappa shape index (κ3) is 2.51. The molecule has 5 rings (SSSR count). The van der Waals surface area contributed by atoms with E-state index in [1.165, 1.54) is 5.69 Å². The molecule has 3 aromatic rings. The first-order valence-corrected chi connectivity index (χ1v) is 9.82. The summed E-state index contributed by atoms with van der Waals surface area (Å²) in [6.07, 6.45) is 5.60. The van der Waals surface area contributed by atoms with E-state index < -0.39 is 0 Å². The van der Waals surface area contributed by atoms with E-state index in [4.69, 9.17) is 5.10 Å². The van der Waals surface area contributed by atoms with Crippen molar-refractivity contribution in [3.8, 4) is 11.3 Å². The van der Waals surface area contributed by atoms with Gasteiger partial charge in [-0.05, 0) is 31.9 Å². The summed E-state index contributed by atoms with van der Waals surface area (Å²) in [4.78, 5) is 21.7. The molecule has 8 nitrogen and oxygen atoms in total. The zero-order valence-corrected chi connectivity index (χ0v) is 15.9. The molecule has 0 aromatic carbocycles. The molecule has 3 N–H and O–H groups in total. The molecule has 0 saturated carbocycles. The van der Waals surface area contributed by atoms with E-state index in [-0.39, 0.29) is 18.1 Å². The molecule has 146 valence electrons. The number of carbonyl (C=O) groups excluding carboxylic acids is 1. The zero-order chi connectivity index (χ0) is 19.3. The highest BCUT2D eigenvalue weighted by molar-refractivity contribution is 5.84. The van der Waals surface area contributed by atoms with Crippen LogP contribution in [0.3, 0.4) is 0 Å². The maximum Gasteiger partial charge on any atom is 0.317 e. The number of carbonyl (C=O) groups is 1. The third-order valence-electron chi connectivity index (χ3n) is 6.18. The Bertz CT molecular complexity index is 1050. The first-order valence-electron chi connectivity index (χ1n) is 9.82. The van der Waals surface area contributed by atoms with Crippen LogP contribution in [0.2, 0.25) is 0 Å². The van der Waals surface area contributed by atoms with E-state index in [1.54, 1.807) is 6.20 Å². The Hall–Kier alpha value is -2.87. The van der Waals surface area contributed by atoms with Crippen molar-refractivity contribution < 1.29 is 9.90 Å². The first kappa shape index (κ1) is 17.2. The van der Waals surface area contributed by atoms with Crippen molar-refractivity contribution in [2.45, 2.75) is 38.3 Å². The average molecular weight is 380 g/mol. The molecule has 2 amide bonds. The second kappa shape index (κ2) is 6.34. The van der Waals surface area contributed by atoms with Crippen molar-refractivity contribution in [2.24, 2.45) is 0 Å². The van der Waals surface area contributed by atoms with Crippen LogP contribution in [0.25, 0.3) is 22.3 Å². The van der Waals surface area contributed by atoms with Crippen LogP contribution in [0.5, 0.6) is 0 Å². The number of hydrogen-bond acceptors (Lipinski definition) is 4. The number of H-pyrrole nitrogens is 1. The average Bonchev–Trinajstić information content (AvgIpc) is 3.46. The Morgan fingerprint density at radius 1 is 1.36 bits per heavy atom. The van der Waals surface area contributed by atoms with Gasteiger partial charge in [0, 0.05) is 66.2 Å². The monoisotopic (exact) mass is 380 g/mol. The number of aliphatic hydroxyl groups excluding tert-OH is 1. The van der Waals surface area contributed by atoms with Crippen LogP contribution in [-0.2, 0) is 18.6 Å². The molecular weight excluding hydrogens is 356 g/mol. The molecule has 1 saturated heterocycles. The van der Waals surface area contributed by atoms with E-state index in [0.29, 0.717) is 6.54 Å². The highest BCUT2D eigenvalue weighted by Gasteiger charge is 2.46. The summed E-state index contributed by atoms with van der Waals surface area (Å²) in [5.41, 5.74) is 4.65. The summed E-state index contributed by atoms with van der Waals surface area (Å²) in [5.74, 6) is 0. The summed E-state index contributed by atoms with van der Waals surface area (Å²) in [7, 11) is 0. The number of nitrogens with one attached hydrogen (secondary N) is 2. The van der Waals surface area contributed by atoms with Crippen LogP contribution in [0.1, 0.15) is 31.0 Å². The van der Waals surface area contributed by atoms with Gasteiger partial charge < -0.3 is 20.3 Å². The number of aryl methyl sites for hydroxylation is 1. The lowest BCUT2D eigenvalue weighted by molar-refractivity contribution is 0.206. The number of aromatic amines is 1. The fourth-order valence-electron chi connectivity index (χ4n) is 4.65. The van der Waals surface area contributed by atoms with Gasteiger partial charge in [0.15, 0.2) is 0 Å². The summed E-state index contributed by atoms with van der Waals surface area (Å²) in [6, 6.07) is 4.21. The number of rotatable bonds is 3. The minimum atomic E-state index is -0.0242. The number of fused-ring (bicyclic) bond motifs is 3. The third-order valence-corrected chi connectivity index (χ3v) is 6.18. The van der Waals surface area contributed by atoms with Gasteiger partial charge in [0.25, 0.3) is 0 Å². The molecule has 1 unspecified atom stereocenters.